The highest BCUT2D eigenvalue weighted by atomic mass is 35.5. The fraction of sp³-hybridized carbons (Fsp3) is 0.188. The number of amides is 1. The van der Waals surface area contributed by atoms with E-state index in [1.54, 1.807) is 30.3 Å². The van der Waals surface area contributed by atoms with Gasteiger partial charge in [-0.25, -0.2) is 0 Å². The maximum Gasteiger partial charge on any atom is 0.258 e. The predicted octanol–water partition coefficient (Wildman–Crippen LogP) is 4.25. The van der Waals surface area contributed by atoms with Crippen LogP contribution >= 0.6 is 23.2 Å². The SMILES string of the molecule is CC(NC(=O)COc1cccc(Cl)c1)c1ccccc1Cl. The third-order valence-corrected chi connectivity index (χ3v) is 3.49. The third-order valence-electron chi connectivity index (χ3n) is 2.92. The molecule has 5 heteroatoms. The van der Waals surface area contributed by atoms with Crippen LogP contribution in [0.2, 0.25) is 10.0 Å². The molecule has 0 bridgehead atoms. The Hall–Kier alpha value is -1.71. The summed E-state index contributed by atoms with van der Waals surface area (Å²) in [6.07, 6.45) is 0. The molecule has 0 aliphatic heterocycles. The van der Waals surface area contributed by atoms with Crippen molar-refractivity contribution in [2.75, 3.05) is 6.61 Å². The molecule has 0 aromatic heterocycles. The number of benzene rings is 2. The van der Waals surface area contributed by atoms with Crippen molar-refractivity contribution in [3.05, 3.63) is 64.1 Å². The maximum absolute atomic E-state index is 11.9. The van der Waals surface area contributed by atoms with Crippen LogP contribution in [0.1, 0.15) is 18.5 Å². The largest absolute Gasteiger partial charge is 0.484 e. The first kappa shape index (κ1) is 15.7. The minimum absolute atomic E-state index is 0.0743. The zero-order chi connectivity index (χ0) is 15.2. The van der Waals surface area contributed by atoms with Gasteiger partial charge in [-0.05, 0) is 36.8 Å². The van der Waals surface area contributed by atoms with E-state index in [0.29, 0.717) is 15.8 Å². The van der Waals surface area contributed by atoms with E-state index in [0.717, 1.165) is 5.56 Å². The van der Waals surface area contributed by atoms with Gasteiger partial charge in [0.05, 0.1) is 6.04 Å². The average molecular weight is 324 g/mol. The van der Waals surface area contributed by atoms with Gasteiger partial charge < -0.3 is 10.1 Å². The quantitative estimate of drug-likeness (QED) is 0.893. The summed E-state index contributed by atoms with van der Waals surface area (Å²) in [6, 6.07) is 14.1. The standard InChI is InChI=1S/C16H15Cl2NO2/c1-11(14-7-2-3-8-15(14)18)19-16(20)10-21-13-6-4-5-12(17)9-13/h2-9,11H,10H2,1H3,(H,19,20). The van der Waals surface area contributed by atoms with Crippen molar-refractivity contribution in [3.63, 3.8) is 0 Å². The van der Waals surface area contributed by atoms with Gasteiger partial charge in [-0.2, -0.15) is 0 Å². The van der Waals surface area contributed by atoms with Gasteiger partial charge in [0.25, 0.3) is 5.91 Å². The first-order chi connectivity index (χ1) is 10.1. The lowest BCUT2D eigenvalue weighted by Crippen LogP contribution is -2.31. The molecule has 1 N–H and O–H groups in total. The number of ether oxygens (including phenoxy) is 1. The molecule has 0 aliphatic carbocycles. The molecule has 0 aliphatic rings. The summed E-state index contributed by atoms with van der Waals surface area (Å²) < 4.78 is 5.39. The van der Waals surface area contributed by atoms with Crippen LogP contribution in [-0.2, 0) is 4.79 Å². The van der Waals surface area contributed by atoms with E-state index in [-0.39, 0.29) is 18.6 Å². The lowest BCUT2D eigenvalue weighted by Gasteiger charge is -2.16. The molecule has 0 spiro atoms. The average Bonchev–Trinajstić information content (AvgIpc) is 2.45. The van der Waals surface area contributed by atoms with Gasteiger partial charge in [0, 0.05) is 10.0 Å². The molecular formula is C16H15Cl2NO2. The minimum Gasteiger partial charge on any atom is -0.484 e. The van der Waals surface area contributed by atoms with Gasteiger partial charge in [0.1, 0.15) is 5.75 Å². The van der Waals surface area contributed by atoms with Crippen molar-refractivity contribution in [1.82, 2.24) is 5.32 Å². The molecule has 0 radical (unpaired) electrons. The van der Waals surface area contributed by atoms with E-state index in [1.807, 2.05) is 25.1 Å². The second-order valence-corrected chi connectivity index (χ2v) is 5.40. The summed E-state index contributed by atoms with van der Waals surface area (Å²) >= 11 is 11.9. The number of nitrogens with one attached hydrogen (secondary N) is 1. The summed E-state index contributed by atoms with van der Waals surface area (Å²) in [5.74, 6) is 0.338. The molecule has 2 rings (SSSR count). The molecule has 0 saturated carbocycles. The molecule has 0 saturated heterocycles. The summed E-state index contributed by atoms with van der Waals surface area (Å²) in [5.41, 5.74) is 0.871. The molecular weight excluding hydrogens is 309 g/mol. The summed E-state index contributed by atoms with van der Waals surface area (Å²) in [6.45, 7) is 1.80. The Morgan fingerprint density at radius 1 is 1.19 bits per heavy atom. The van der Waals surface area contributed by atoms with Gasteiger partial charge >= 0.3 is 0 Å². The van der Waals surface area contributed by atoms with Crippen LogP contribution in [0.5, 0.6) is 5.75 Å². The second-order valence-electron chi connectivity index (χ2n) is 4.56. The lowest BCUT2D eigenvalue weighted by molar-refractivity contribution is -0.123. The zero-order valence-corrected chi connectivity index (χ0v) is 13.0. The van der Waals surface area contributed by atoms with Crippen LogP contribution in [-0.4, -0.2) is 12.5 Å². The van der Waals surface area contributed by atoms with Crippen molar-refractivity contribution < 1.29 is 9.53 Å². The first-order valence-corrected chi connectivity index (χ1v) is 7.24. The Labute approximate surface area is 133 Å². The van der Waals surface area contributed by atoms with Crippen LogP contribution in [0.4, 0.5) is 0 Å². The molecule has 0 heterocycles. The van der Waals surface area contributed by atoms with Crippen LogP contribution in [0.3, 0.4) is 0 Å². The Kier molecular flexibility index (Phi) is 5.48. The van der Waals surface area contributed by atoms with E-state index in [4.69, 9.17) is 27.9 Å². The van der Waals surface area contributed by atoms with Gasteiger partial charge in [-0.1, -0.05) is 47.5 Å². The Morgan fingerprint density at radius 2 is 1.95 bits per heavy atom. The molecule has 1 unspecified atom stereocenters. The van der Waals surface area contributed by atoms with Crippen LogP contribution in [0, 0.1) is 0 Å². The smallest absolute Gasteiger partial charge is 0.258 e. The van der Waals surface area contributed by atoms with Crippen molar-refractivity contribution >= 4 is 29.1 Å². The van der Waals surface area contributed by atoms with Crippen molar-refractivity contribution in [2.24, 2.45) is 0 Å². The van der Waals surface area contributed by atoms with E-state index in [9.17, 15) is 4.79 Å². The second kappa shape index (κ2) is 7.34. The van der Waals surface area contributed by atoms with Gasteiger partial charge in [-0.3, -0.25) is 4.79 Å². The number of rotatable bonds is 5. The Morgan fingerprint density at radius 3 is 2.67 bits per heavy atom. The minimum atomic E-state index is -0.220. The zero-order valence-electron chi connectivity index (χ0n) is 11.5. The number of halogens is 2. The lowest BCUT2D eigenvalue weighted by atomic mass is 10.1. The molecule has 2 aromatic rings. The number of carbonyl (C=O) groups excluding carboxylic acids is 1. The van der Waals surface area contributed by atoms with Gasteiger partial charge in [0.2, 0.25) is 0 Å². The summed E-state index contributed by atoms with van der Waals surface area (Å²) in [4.78, 5) is 11.9. The molecule has 1 amide bonds. The summed E-state index contributed by atoms with van der Waals surface area (Å²) in [5, 5.41) is 4.03. The Balaban J connectivity index is 1.89. The topological polar surface area (TPSA) is 38.3 Å². The van der Waals surface area contributed by atoms with E-state index < -0.39 is 0 Å². The van der Waals surface area contributed by atoms with E-state index >= 15 is 0 Å². The number of carbonyl (C=O) groups is 1. The third kappa shape index (κ3) is 4.66. The first-order valence-electron chi connectivity index (χ1n) is 6.48. The van der Waals surface area contributed by atoms with Crippen molar-refractivity contribution in [2.45, 2.75) is 13.0 Å². The predicted molar refractivity (Wildman–Crippen MR) is 85.0 cm³/mol. The molecule has 0 fully saturated rings. The van der Waals surface area contributed by atoms with Crippen molar-refractivity contribution in [1.29, 1.82) is 0 Å². The normalized spacial score (nSPS) is 11.8. The highest BCUT2D eigenvalue weighted by Gasteiger charge is 2.12. The van der Waals surface area contributed by atoms with Crippen LogP contribution < -0.4 is 10.1 Å². The molecule has 3 nitrogen and oxygen atoms in total. The highest BCUT2D eigenvalue weighted by molar-refractivity contribution is 6.31. The van der Waals surface area contributed by atoms with Crippen molar-refractivity contribution in [3.8, 4) is 5.75 Å². The van der Waals surface area contributed by atoms with Crippen LogP contribution in [0.15, 0.2) is 48.5 Å². The van der Waals surface area contributed by atoms with Crippen LogP contribution in [0.25, 0.3) is 0 Å². The monoisotopic (exact) mass is 323 g/mol. The highest BCUT2D eigenvalue weighted by Crippen LogP contribution is 2.22. The molecule has 110 valence electrons. The fourth-order valence-corrected chi connectivity index (χ4v) is 2.37. The molecule has 21 heavy (non-hydrogen) atoms. The maximum atomic E-state index is 11.9. The molecule has 2 aromatic carbocycles. The fourth-order valence-electron chi connectivity index (χ4n) is 1.89. The number of hydrogen-bond acceptors (Lipinski definition) is 2. The van der Waals surface area contributed by atoms with E-state index in [2.05, 4.69) is 5.32 Å². The number of hydrogen-bond donors (Lipinski definition) is 1. The van der Waals surface area contributed by atoms with Gasteiger partial charge in [0.15, 0.2) is 6.61 Å². The summed E-state index contributed by atoms with van der Waals surface area (Å²) in [7, 11) is 0. The molecule has 1 atom stereocenters. The van der Waals surface area contributed by atoms with E-state index in [1.165, 1.54) is 0 Å². The Bertz CT molecular complexity index is 631. The van der Waals surface area contributed by atoms with Gasteiger partial charge in [-0.15, -0.1) is 0 Å².